The van der Waals surface area contributed by atoms with Crippen LogP contribution in [0.15, 0.2) is 57.5 Å². The van der Waals surface area contributed by atoms with Crippen molar-refractivity contribution in [3.8, 4) is 17.2 Å². The maximum atomic E-state index is 13.7. The van der Waals surface area contributed by atoms with E-state index in [1.54, 1.807) is 37.3 Å². The van der Waals surface area contributed by atoms with Crippen molar-refractivity contribution in [3.05, 3.63) is 83.5 Å². The first-order valence-electron chi connectivity index (χ1n) is 10.2. The van der Waals surface area contributed by atoms with Crippen molar-refractivity contribution in [2.24, 2.45) is 4.99 Å². The molecule has 0 fully saturated rings. The Bertz CT molecular complexity index is 1540. The van der Waals surface area contributed by atoms with Crippen LogP contribution in [0.5, 0.6) is 17.2 Å². The van der Waals surface area contributed by atoms with Gasteiger partial charge in [0.25, 0.3) is 5.56 Å². The fourth-order valence-corrected chi connectivity index (χ4v) is 5.29. The minimum Gasteiger partial charge on any atom is -0.496 e. The highest BCUT2D eigenvalue weighted by Crippen LogP contribution is 2.37. The first-order chi connectivity index (χ1) is 16.4. The minimum absolute atomic E-state index is 0.165. The van der Waals surface area contributed by atoms with Crippen molar-refractivity contribution in [1.29, 1.82) is 0 Å². The molecule has 0 saturated carbocycles. The second-order valence-corrected chi connectivity index (χ2v) is 9.02. The van der Waals surface area contributed by atoms with Crippen LogP contribution in [0.25, 0.3) is 6.08 Å². The average molecular weight is 499 g/mol. The molecule has 1 atom stereocenters. The zero-order chi connectivity index (χ0) is 24.0. The quantitative estimate of drug-likeness (QED) is 0.514. The maximum absolute atomic E-state index is 13.7. The molecule has 5 rings (SSSR count). The highest BCUT2D eigenvalue weighted by molar-refractivity contribution is 7.07. The number of hydrogen-bond acceptors (Lipinski definition) is 8. The van der Waals surface area contributed by atoms with Gasteiger partial charge in [-0.05, 0) is 48.9 Å². The van der Waals surface area contributed by atoms with Crippen molar-refractivity contribution >= 4 is 35.0 Å². The summed E-state index contributed by atoms with van der Waals surface area (Å²) in [4.78, 5) is 31.5. The molecule has 174 valence electrons. The molecule has 8 nitrogen and oxygen atoms in total. The number of fused-ring (bicyclic) bond motifs is 2. The lowest BCUT2D eigenvalue weighted by Gasteiger charge is -2.25. The van der Waals surface area contributed by atoms with Crippen LogP contribution in [0, 0.1) is 0 Å². The Kier molecular flexibility index (Phi) is 5.66. The molecule has 0 aliphatic carbocycles. The number of allylic oxidation sites excluding steroid dienone is 1. The molecule has 0 bridgehead atoms. The number of halogens is 1. The zero-order valence-electron chi connectivity index (χ0n) is 18.5. The number of hydrogen-bond donors (Lipinski definition) is 0. The maximum Gasteiger partial charge on any atom is 0.338 e. The van der Waals surface area contributed by atoms with Gasteiger partial charge in [0.2, 0.25) is 6.79 Å². The third kappa shape index (κ3) is 3.66. The van der Waals surface area contributed by atoms with E-state index in [-0.39, 0.29) is 17.9 Å². The van der Waals surface area contributed by atoms with Gasteiger partial charge in [0.05, 0.1) is 30.0 Å². The van der Waals surface area contributed by atoms with E-state index in [0.717, 1.165) is 5.56 Å². The second kappa shape index (κ2) is 8.66. The monoisotopic (exact) mass is 498 g/mol. The number of nitrogens with zero attached hydrogens (tertiary/aromatic N) is 2. The Hall–Kier alpha value is -3.56. The van der Waals surface area contributed by atoms with E-state index >= 15 is 0 Å². The molecule has 2 aromatic carbocycles. The third-order valence-electron chi connectivity index (χ3n) is 5.61. The number of aromatic nitrogens is 1. The van der Waals surface area contributed by atoms with E-state index in [9.17, 15) is 9.59 Å². The van der Waals surface area contributed by atoms with E-state index in [1.807, 2.05) is 12.1 Å². The van der Waals surface area contributed by atoms with Gasteiger partial charge in [-0.25, -0.2) is 9.79 Å². The molecule has 34 heavy (non-hydrogen) atoms. The molecular weight excluding hydrogens is 480 g/mol. The van der Waals surface area contributed by atoms with Gasteiger partial charge in [-0.2, -0.15) is 0 Å². The number of esters is 1. The molecule has 0 unspecified atom stereocenters. The van der Waals surface area contributed by atoms with Crippen molar-refractivity contribution in [2.75, 3.05) is 21.0 Å². The van der Waals surface area contributed by atoms with Crippen LogP contribution < -0.4 is 29.1 Å². The Morgan fingerprint density at radius 3 is 2.76 bits per heavy atom. The lowest BCUT2D eigenvalue weighted by atomic mass is 9.95. The van der Waals surface area contributed by atoms with Gasteiger partial charge in [0.15, 0.2) is 16.3 Å². The Morgan fingerprint density at radius 1 is 1.21 bits per heavy atom. The predicted molar refractivity (Wildman–Crippen MR) is 126 cm³/mol. The first kappa shape index (κ1) is 22.2. The largest absolute Gasteiger partial charge is 0.496 e. The van der Waals surface area contributed by atoms with E-state index in [0.29, 0.717) is 42.9 Å². The summed E-state index contributed by atoms with van der Waals surface area (Å²) in [7, 11) is 2.81. The summed E-state index contributed by atoms with van der Waals surface area (Å²) in [6.45, 7) is 1.88. The van der Waals surface area contributed by atoms with Crippen LogP contribution in [-0.4, -0.2) is 31.5 Å². The molecule has 1 aromatic heterocycles. The average Bonchev–Trinajstić information content (AvgIpc) is 3.41. The molecular formula is C24H19ClN2O6S. The van der Waals surface area contributed by atoms with Crippen molar-refractivity contribution in [2.45, 2.75) is 13.0 Å². The summed E-state index contributed by atoms with van der Waals surface area (Å²) in [6.07, 6.45) is 1.76. The number of benzene rings is 2. The minimum atomic E-state index is -0.823. The number of methoxy groups -OCH3 is 2. The van der Waals surface area contributed by atoms with E-state index in [1.165, 1.54) is 30.1 Å². The molecule has 0 radical (unpaired) electrons. The zero-order valence-corrected chi connectivity index (χ0v) is 20.0. The van der Waals surface area contributed by atoms with E-state index in [2.05, 4.69) is 4.99 Å². The number of ether oxygens (including phenoxy) is 4. The van der Waals surface area contributed by atoms with Crippen molar-refractivity contribution in [3.63, 3.8) is 0 Å². The molecule has 3 heterocycles. The standard InChI is InChI=1S/C24H19ClN2O6S/c1-12-20(23(29)31-3)21(15-10-14(25)5-7-16(15)30-2)27-22(28)19(34-24(27)26-12)9-13-4-6-17-18(8-13)33-11-32-17/h4-10,21H,11H2,1-3H3/b19-9-/t21-/m0/s1. The van der Waals surface area contributed by atoms with E-state index in [4.69, 9.17) is 30.5 Å². The van der Waals surface area contributed by atoms with E-state index < -0.39 is 12.0 Å². The normalized spacial score (nSPS) is 16.8. The lowest BCUT2D eigenvalue weighted by Crippen LogP contribution is -2.40. The molecule has 0 amide bonds. The van der Waals surface area contributed by atoms with Gasteiger partial charge in [-0.1, -0.05) is 29.0 Å². The SMILES string of the molecule is COC(=O)C1=C(C)N=c2s/c(=C\c3ccc4c(c3)OCO4)c(=O)n2[C@H]1c1cc(Cl)ccc1OC. The second-order valence-electron chi connectivity index (χ2n) is 7.57. The highest BCUT2D eigenvalue weighted by atomic mass is 35.5. The topological polar surface area (TPSA) is 88.4 Å². The summed E-state index contributed by atoms with van der Waals surface area (Å²) < 4.78 is 23.3. The lowest BCUT2D eigenvalue weighted by molar-refractivity contribution is -0.136. The fraction of sp³-hybridized carbons (Fsp3) is 0.208. The van der Waals surface area contributed by atoms with Crippen molar-refractivity contribution < 1.29 is 23.7 Å². The van der Waals surface area contributed by atoms with Gasteiger partial charge in [-0.15, -0.1) is 0 Å². The molecule has 2 aliphatic rings. The molecule has 3 aromatic rings. The summed E-state index contributed by atoms with van der Waals surface area (Å²) in [5, 5.41) is 0.442. The predicted octanol–water partition coefficient (Wildman–Crippen LogP) is 2.80. The number of carbonyl (C=O) groups excluding carboxylic acids is 1. The van der Waals surface area contributed by atoms with Gasteiger partial charge >= 0.3 is 5.97 Å². The van der Waals surface area contributed by atoms with Gasteiger partial charge in [0, 0.05) is 10.6 Å². The molecule has 2 aliphatic heterocycles. The third-order valence-corrected chi connectivity index (χ3v) is 6.83. The van der Waals surface area contributed by atoms with Gasteiger partial charge in [0.1, 0.15) is 11.8 Å². The highest BCUT2D eigenvalue weighted by Gasteiger charge is 2.35. The molecule has 10 heteroatoms. The summed E-state index contributed by atoms with van der Waals surface area (Å²) in [5.41, 5.74) is 1.72. The van der Waals surface area contributed by atoms with Gasteiger partial charge < -0.3 is 18.9 Å². The Balaban J connectivity index is 1.75. The fourth-order valence-electron chi connectivity index (χ4n) is 4.06. The molecule has 0 saturated heterocycles. The van der Waals surface area contributed by atoms with Crippen molar-refractivity contribution in [1.82, 2.24) is 4.57 Å². The number of thiazole rings is 1. The first-order valence-corrected chi connectivity index (χ1v) is 11.4. The van der Waals surface area contributed by atoms with Gasteiger partial charge in [-0.3, -0.25) is 9.36 Å². The summed E-state index contributed by atoms with van der Waals surface area (Å²) >= 11 is 7.52. The summed E-state index contributed by atoms with van der Waals surface area (Å²) in [5.74, 6) is 1.17. The van der Waals surface area contributed by atoms with Crippen LogP contribution in [0.3, 0.4) is 0 Å². The van der Waals surface area contributed by atoms with Crippen LogP contribution in [0.4, 0.5) is 0 Å². The van der Waals surface area contributed by atoms with Crippen LogP contribution >= 0.6 is 22.9 Å². The van der Waals surface area contributed by atoms with Crippen LogP contribution in [0.2, 0.25) is 5.02 Å². The smallest absolute Gasteiger partial charge is 0.338 e. The Labute approximate surface area is 202 Å². The van der Waals surface area contributed by atoms with Crippen LogP contribution in [0.1, 0.15) is 24.1 Å². The summed E-state index contributed by atoms with van der Waals surface area (Å²) in [6, 6.07) is 9.69. The molecule has 0 N–H and O–H groups in total. The van der Waals surface area contributed by atoms with Crippen LogP contribution in [-0.2, 0) is 9.53 Å². The number of carbonyl (C=O) groups is 1. The Morgan fingerprint density at radius 2 is 2.00 bits per heavy atom. The number of rotatable bonds is 4. The molecule has 0 spiro atoms.